The minimum absolute atomic E-state index is 0.105. The topological polar surface area (TPSA) is 74.8 Å². The second-order valence-corrected chi connectivity index (χ2v) is 6.68. The van der Waals surface area contributed by atoms with E-state index in [2.05, 4.69) is 15.2 Å². The van der Waals surface area contributed by atoms with Crippen LogP contribution in [0.1, 0.15) is 12.0 Å². The second kappa shape index (κ2) is 9.73. The molecule has 1 saturated heterocycles. The van der Waals surface area contributed by atoms with E-state index in [1.54, 1.807) is 18.2 Å². The first kappa shape index (κ1) is 19.7. The summed E-state index contributed by atoms with van der Waals surface area (Å²) in [4.78, 5) is 32.7. The predicted octanol–water partition coefficient (Wildman–Crippen LogP) is 1.49. The number of methoxy groups -OCH3 is 1. The van der Waals surface area contributed by atoms with Crippen LogP contribution in [0.4, 0.5) is 5.82 Å². The molecule has 0 unspecified atom stereocenters. The van der Waals surface area contributed by atoms with Gasteiger partial charge in [0, 0.05) is 38.9 Å². The summed E-state index contributed by atoms with van der Waals surface area (Å²) in [6, 6.07) is 13.5. The highest BCUT2D eigenvalue weighted by Gasteiger charge is 2.23. The number of hydrogen-bond acceptors (Lipinski definition) is 5. The van der Waals surface area contributed by atoms with E-state index < -0.39 is 0 Å². The third-order valence-corrected chi connectivity index (χ3v) is 4.81. The summed E-state index contributed by atoms with van der Waals surface area (Å²) in [6.45, 7) is 3.17. The molecule has 0 aliphatic carbocycles. The van der Waals surface area contributed by atoms with Gasteiger partial charge in [-0.3, -0.25) is 9.59 Å². The van der Waals surface area contributed by atoms with Crippen LogP contribution in [-0.4, -0.2) is 61.5 Å². The number of pyridine rings is 1. The summed E-state index contributed by atoms with van der Waals surface area (Å²) in [7, 11) is 1.63. The molecule has 3 rings (SSSR count). The number of nitrogens with one attached hydrogen (secondary N) is 1. The van der Waals surface area contributed by atoms with Gasteiger partial charge in [-0.15, -0.1) is 0 Å². The molecule has 0 atom stereocenters. The lowest BCUT2D eigenvalue weighted by Crippen LogP contribution is -2.49. The van der Waals surface area contributed by atoms with Crippen LogP contribution >= 0.6 is 0 Å². The number of rotatable bonds is 7. The Balaban J connectivity index is 1.36. The number of amides is 2. The molecule has 7 nitrogen and oxygen atoms in total. The average molecular weight is 382 g/mol. The van der Waals surface area contributed by atoms with E-state index in [0.717, 1.165) is 30.2 Å². The molecule has 1 aliphatic heterocycles. The Hall–Kier alpha value is -3.09. The summed E-state index contributed by atoms with van der Waals surface area (Å²) >= 11 is 0. The van der Waals surface area contributed by atoms with Crippen molar-refractivity contribution < 1.29 is 14.3 Å². The van der Waals surface area contributed by atoms with Gasteiger partial charge in [0.2, 0.25) is 11.8 Å². The number of aromatic nitrogens is 1. The first-order valence-electron chi connectivity index (χ1n) is 9.49. The van der Waals surface area contributed by atoms with E-state index in [4.69, 9.17) is 4.74 Å². The van der Waals surface area contributed by atoms with E-state index >= 15 is 0 Å². The van der Waals surface area contributed by atoms with Crippen molar-refractivity contribution in [2.24, 2.45) is 0 Å². The standard InChI is InChI=1S/C21H26N4O3/c1-28-18-7-5-17(6-8-18)9-11-23-20(26)16-21(27)25-14-12-24(13-15-25)19-4-2-3-10-22-19/h2-8,10H,9,11-16H2,1H3,(H,23,26). The van der Waals surface area contributed by atoms with Crippen molar-refractivity contribution in [3.63, 3.8) is 0 Å². The van der Waals surface area contributed by atoms with Gasteiger partial charge in [-0.2, -0.15) is 0 Å². The third-order valence-electron chi connectivity index (χ3n) is 4.81. The van der Waals surface area contributed by atoms with E-state index in [-0.39, 0.29) is 18.2 Å². The second-order valence-electron chi connectivity index (χ2n) is 6.68. The number of carbonyl (C=O) groups excluding carboxylic acids is 2. The molecule has 1 aliphatic rings. The fraction of sp³-hybridized carbons (Fsp3) is 0.381. The van der Waals surface area contributed by atoms with Gasteiger partial charge in [0.25, 0.3) is 0 Å². The molecule has 0 bridgehead atoms. The molecular weight excluding hydrogens is 356 g/mol. The molecule has 2 heterocycles. The highest BCUT2D eigenvalue weighted by Crippen LogP contribution is 2.13. The van der Waals surface area contributed by atoms with Gasteiger partial charge in [-0.25, -0.2) is 4.98 Å². The number of hydrogen-bond donors (Lipinski definition) is 1. The maximum Gasteiger partial charge on any atom is 0.232 e. The van der Waals surface area contributed by atoms with Crippen molar-refractivity contribution in [2.75, 3.05) is 44.7 Å². The van der Waals surface area contributed by atoms with Crippen LogP contribution in [-0.2, 0) is 16.0 Å². The van der Waals surface area contributed by atoms with Crippen molar-refractivity contribution in [1.29, 1.82) is 0 Å². The van der Waals surface area contributed by atoms with Crippen LogP contribution < -0.4 is 15.0 Å². The molecule has 1 N–H and O–H groups in total. The Morgan fingerprint density at radius 3 is 2.46 bits per heavy atom. The number of piperazine rings is 1. The van der Waals surface area contributed by atoms with Gasteiger partial charge in [0.05, 0.1) is 7.11 Å². The van der Waals surface area contributed by atoms with Gasteiger partial charge in [-0.05, 0) is 36.2 Å². The Morgan fingerprint density at radius 1 is 1.07 bits per heavy atom. The molecule has 0 spiro atoms. The van der Waals surface area contributed by atoms with Crippen molar-refractivity contribution in [3.05, 3.63) is 54.2 Å². The quantitative estimate of drug-likeness (QED) is 0.735. The first-order chi connectivity index (χ1) is 13.7. The maximum absolute atomic E-state index is 12.4. The fourth-order valence-electron chi connectivity index (χ4n) is 3.18. The van der Waals surface area contributed by atoms with Crippen molar-refractivity contribution in [2.45, 2.75) is 12.8 Å². The van der Waals surface area contributed by atoms with Gasteiger partial charge in [0.15, 0.2) is 0 Å². The lowest BCUT2D eigenvalue weighted by molar-refractivity contribution is -0.136. The molecular formula is C21H26N4O3. The highest BCUT2D eigenvalue weighted by molar-refractivity contribution is 5.97. The van der Waals surface area contributed by atoms with Crippen LogP contribution in [0, 0.1) is 0 Å². The van der Waals surface area contributed by atoms with Crippen molar-refractivity contribution >= 4 is 17.6 Å². The monoisotopic (exact) mass is 382 g/mol. The van der Waals surface area contributed by atoms with Gasteiger partial charge in [0.1, 0.15) is 18.0 Å². The normalized spacial score (nSPS) is 13.9. The Labute approximate surface area is 165 Å². The van der Waals surface area contributed by atoms with Crippen molar-refractivity contribution in [1.82, 2.24) is 15.2 Å². The van der Waals surface area contributed by atoms with Crippen LogP contribution in [0.25, 0.3) is 0 Å². The van der Waals surface area contributed by atoms with E-state index in [9.17, 15) is 9.59 Å². The zero-order chi connectivity index (χ0) is 19.8. The Bertz CT molecular complexity index is 772. The zero-order valence-corrected chi connectivity index (χ0v) is 16.1. The molecule has 0 saturated carbocycles. The molecule has 1 aromatic heterocycles. The smallest absolute Gasteiger partial charge is 0.232 e. The summed E-state index contributed by atoms with van der Waals surface area (Å²) in [5.74, 6) is 1.38. The first-order valence-corrected chi connectivity index (χ1v) is 9.49. The summed E-state index contributed by atoms with van der Waals surface area (Å²) in [5, 5.41) is 2.83. The lowest BCUT2D eigenvalue weighted by atomic mass is 10.1. The summed E-state index contributed by atoms with van der Waals surface area (Å²) in [6.07, 6.45) is 2.38. The number of carbonyl (C=O) groups is 2. The maximum atomic E-state index is 12.4. The number of anilines is 1. The summed E-state index contributed by atoms with van der Waals surface area (Å²) in [5.41, 5.74) is 1.11. The molecule has 7 heteroatoms. The van der Waals surface area contributed by atoms with E-state index in [0.29, 0.717) is 26.1 Å². The molecule has 2 amide bonds. The molecule has 148 valence electrons. The van der Waals surface area contributed by atoms with E-state index in [1.807, 2.05) is 42.5 Å². The van der Waals surface area contributed by atoms with Crippen molar-refractivity contribution in [3.8, 4) is 5.75 Å². The van der Waals surface area contributed by atoms with Gasteiger partial charge >= 0.3 is 0 Å². The van der Waals surface area contributed by atoms with Crippen LogP contribution in [0.3, 0.4) is 0 Å². The summed E-state index contributed by atoms with van der Waals surface area (Å²) < 4.78 is 5.13. The predicted molar refractivity (Wildman–Crippen MR) is 107 cm³/mol. The van der Waals surface area contributed by atoms with Gasteiger partial charge in [-0.1, -0.05) is 18.2 Å². The van der Waals surface area contributed by atoms with Crippen LogP contribution in [0.5, 0.6) is 5.75 Å². The molecule has 0 radical (unpaired) electrons. The SMILES string of the molecule is COc1ccc(CCNC(=O)CC(=O)N2CCN(c3ccccn3)CC2)cc1. The lowest BCUT2D eigenvalue weighted by Gasteiger charge is -2.35. The third kappa shape index (κ3) is 5.45. The molecule has 1 fully saturated rings. The Morgan fingerprint density at radius 2 is 1.82 bits per heavy atom. The molecule has 1 aromatic carbocycles. The minimum Gasteiger partial charge on any atom is -0.497 e. The highest BCUT2D eigenvalue weighted by atomic mass is 16.5. The molecule has 28 heavy (non-hydrogen) atoms. The fourth-order valence-corrected chi connectivity index (χ4v) is 3.18. The average Bonchev–Trinajstić information content (AvgIpc) is 2.75. The largest absolute Gasteiger partial charge is 0.497 e. The number of ether oxygens (including phenoxy) is 1. The number of nitrogens with zero attached hydrogens (tertiary/aromatic N) is 3. The zero-order valence-electron chi connectivity index (χ0n) is 16.1. The van der Waals surface area contributed by atoms with Crippen LogP contribution in [0.15, 0.2) is 48.7 Å². The van der Waals surface area contributed by atoms with Crippen LogP contribution in [0.2, 0.25) is 0 Å². The number of benzene rings is 1. The van der Waals surface area contributed by atoms with E-state index in [1.165, 1.54) is 0 Å². The minimum atomic E-state index is -0.231. The molecule has 2 aromatic rings. The Kier molecular flexibility index (Phi) is 6.84. The van der Waals surface area contributed by atoms with Gasteiger partial charge < -0.3 is 19.9 Å².